The van der Waals surface area contributed by atoms with Gasteiger partial charge in [0.1, 0.15) is 13.2 Å². The van der Waals surface area contributed by atoms with Crippen molar-refractivity contribution in [2.75, 3.05) is 51.8 Å². The molecule has 0 bridgehead atoms. The average Bonchev–Trinajstić information content (AvgIpc) is 2.71. The maximum absolute atomic E-state index is 12.6. The van der Waals surface area contributed by atoms with Gasteiger partial charge in [-0.1, -0.05) is 23.7 Å². The molecule has 0 aliphatic carbocycles. The van der Waals surface area contributed by atoms with Gasteiger partial charge in [0.2, 0.25) is 0 Å². The van der Waals surface area contributed by atoms with E-state index in [2.05, 4.69) is 34.3 Å². The second-order valence-corrected chi connectivity index (χ2v) is 7.62. The summed E-state index contributed by atoms with van der Waals surface area (Å²) in [5.41, 5.74) is 2.43. The lowest BCUT2D eigenvalue weighted by atomic mass is 10.1. The molecule has 1 saturated heterocycles. The number of ether oxygens (including phenoxy) is 2. The SMILES string of the molecule is CN1CCN(Cc2ccc(NC(=O)c3cc(Cl)c4c(c3)OCCO4)cc2)CC1. The van der Waals surface area contributed by atoms with Crippen molar-refractivity contribution in [1.82, 2.24) is 9.80 Å². The number of piperazine rings is 1. The summed E-state index contributed by atoms with van der Waals surface area (Å²) in [4.78, 5) is 17.4. The van der Waals surface area contributed by atoms with Crippen LogP contribution in [0.1, 0.15) is 15.9 Å². The molecule has 2 aromatic carbocycles. The summed E-state index contributed by atoms with van der Waals surface area (Å²) < 4.78 is 11.0. The molecule has 148 valence electrons. The van der Waals surface area contributed by atoms with Gasteiger partial charge < -0.3 is 19.7 Å². The third-order valence-corrected chi connectivity index (χ3v) is 5.35. The lowest BCUT2D eigenvalue weighted by molar-refractivity contribution is 0.102. The van der Waals surface area contributed by atoms with E-state index in [-0.39, 0.29) is 5.91 Å². The maximum Gasteiger partial charge on any atom is 0.255 e. The van der Waals surface area contributed by atoms with E-state index in [0.717, 1.165) is 38.4 Å². The molecule has 2 aromatic rings. The molecule has 1 amide bonds. The lowest BCUT2D eigenvalue weighted by Crippen LogP contribution is -2.43. The normalized spacial score (nSPS) is 17.4. The number of hydrogen-bond acceptors (Lipinski definition) is 5. The molecule has 2 aliphatic heterocycles. The molecule has 28 heavy (non-hydrogen) atoms. The van der Waals surface area contributed by atoms with Gasteiger partial charge in [-0.25, -0.2) is 0 Å². The minimum Gasteiger partial charge on any atom is -0.486 e. The van der Waals surface area contributed by atoms with E-state index >= 15 is 0 Å². The van der Waals surface area contributed by atoms with Crippen LogP contribution in [0.5, 0.6) is 11.5 Å². The highest BCUT2D eigenvalue weighted by Crippen LogP contribution is 2.38. The standard InChI is InChI=1S/C21H24ClN3O3/c1-24-6-8-25(9-7-24)14-15-2-4-17(5-3-15)23-21(26)16-12-18(22)20-19(13-16)27-10-11-28-20/h2-5,12-13H,6-11,14H2,1H3,(H,23,26). The first-order valence-electron chi connectivity index (χ1n) is 9.49. The van der Waals surface area contributed by atoms with E-state index in [0.29, 0.717) is 35.3 Å². The Hall–Kier alpha value is -2.28. The molecule has 0 unspecified atom stereocenters. The fourth-order valence-corrected chi connectivity index (χ4v) is 3.67. The number of carbonyl (C=O) groups is 1. The first-order valence-corrected chi connectivity index (χ1v) is 9.86. The topological polar surface area (TPSA) is 54.0 Å². The number of anilines is 1. The number of carbonyl (C=O) groups excluding carboxylic acids is 1. The van der Waals surface area contributed by atoms with Crippen molar-refractivity contribution in [3.63, 3.8) is 0 Å². The number of rotatable bonds is 4. The zero-order valence-electron chi connectivity index (χ0n) is 15.9. The molecule has 1 N–H and O–H groups in total. The molecule has 0 aromatic heterocycles. The number of nitrogens with zero attached hydrogens (tertiary/aromatic N) is 2. The molecule has 4 rings (SSSR count). The van der Waals surface area contributed by atoms with Gasteiger partial charge in [0.05, 0.1) is 5.02 Å². The predicted molar refractivity (Wildman–Crippen MR) is 110 cm³/mol. The summed E-state index contributed by atoms with van der Waals surface area (Å²) in [6.07, 6.45) is 0. The highest BCUT2D eigenvalue weighted by atomic mass is 35.5. The summed E-state index contributed by atoms with van der Waals surface area (Å²) in [6, 6.07) is 11.3. The van der Waals surface area contributed by atoms with Crippen molar-refractivity contribution in [2.45, 2.75) is 6.54 Å². The molecular weight excluding hydrogens is 378 g/mol. The molecule has 1 fully saturated rings. The van der Waals surface area contributed by atoms with E-state index in [1.807, 2.05) is 12.1 Å². The van der Waals surface area contributed by atoms with Gasteiger partial charge in [-0.3, -0.25) is 9.69 Å². The summed E-state index contributed by atoms with van der Waals surface area (Å²) in [6.45, 7) is 6.21. The van der Waals surface area contributed by atoms with Gasteiger partial charge in [0.25, 0.3) is 5.91 Å². The van der Waals surface area contributed by atoms with Gasteiger partial charge in [0, 0.05) is 44.0 Å². The van der Waals surface area contributed by atoms with Crippen molar-refractivity contribution in [3.05, 3.63) is 52.5 Å². The fraction of sp³-hybridized carbons (Fsp3) is 0.381. The fourth-order valence-electron chi connectivity index (χ4n) is 3.40. The van der Waals surface area contributed by atoms with Crippen LogP contribution in [-0.2, 0) is 6.54 Å². The number of likely N-dealkylation sites (N-methyl/N-ethyl adjacent to an activating group) is 1. The van der Waals surface area contributed by atoms with E-state index in [9.17, 15) is 4.79 Å². The summed E-state index contributed by atoms with van der Waals surface area (Å²) in [5.74, 6) is 0.773. The molecule has 0 radical (unpaired) electrons. The Balaban J connectivity index is 1.39. The van der Waals surface area contributed by atoms with Crippen LogP contribution in [0.2, 0.25) is 5.02 Å². The Kier molecular flexibility index (Phi) is 5.71. The molecule has 6 nitrogen and oxygen atoms in total. The van der Waals surface area contributed by atoms with E-state index < -0.39 is 0 Å². The van der Waals surface area contributed by atoms with Crippen LogP contribution in [0.4, 0.5) is 5.69 Å². The lowest BCUT2D eigenvalue weighted by Gasteiger charge is -2.32. The highest BCUT2D eigenvalue weighted by molar-refractivity contribution is 6.32. The van der Waals surface area contributed by atoms with Crippen LogP contribution in [0, 0.1) is 0 Å². The monoisotopic (exact) mass is 401 g/mol. The molecule has 2 heterocycles. The van der Waals surface area contributed by atoms with Gasteiger partial charge in [0.15, 0.2) is 11.5 Å². The number of amides is 1. The number of hydrogen-bond donors (Lipinski definition) is 1. The quantitative estimate of drug-likeness (QED) is 0.853. The van der Waals surface area contributed by atoms with Gasteiger partial charge in [-0.15, -0.1) is 0 Å². The largest absolute Gasteiger partial charge is 0.486 e. The zero-order chi connectivity index (χ0) is 19.5. The number of benzene rings is 2. The van der Waals surface area contributed by atoms with E-state index in [4.69, 9.17) is 21.1 Å². The molecule has 0 atom stereocenters. The third-order valence-electron chi connectivity index (χ3n) is 5.07. The van der Waals surface area contributed by atoms with Gasteiger partial charge >= 0.3 is 0 Å². The van der Waals surface area contributed by atoms with Crippen LogP contribution in [-0.4, -0.2) is 62.1 Å². The molecule has 7 heteroatoms. The Bertz CT molecular complexity index is 849. The summed E-state index contributed by atoms with van der Waals surface area (Å²) in [5, 5.41) is 3.29. The first kappa shape index (κ1) is 19.1. The summed E-state index contributed by atoms with van der Waals surface area (Å²) >= 11 is 6.22. The third kappa shape index (κ3) is 4.41. The van der Waals surface area contributed by atoms with Crippen molar-refractivity contribution < 1.29 is 14.3 Å². The summed E-state index contributed by atoms with van der Waals surface area (Å²) in [7, 11) is 2.16. The smallest absolute Gasteiger partial charge is 0.255 e. The predicted octanol–water partition coefficient (Wildman–Crippen LogP) is 3.11. The molecule has 2 aliphatic rings. The Labute approximate surface area is 170 Å². The van der Waals surface area contributed by atoms with Crippen LogP contribution < -0.4 is 14.8 Å². The van der Waals surface area contributed by atoms with Gasteiger partial charge in [-0.2, -0.15) is 0 Å². The number of nitrogens with one attached hydrogen (secondary N) is 1. The van der Waals surface area contributed by atoms with E-state index in [1.165, 1.54) is 5.56 Å². The van der Waals surface area contributed by atoms with Crippen LogP contribution in [0.3, 0.4) is 0 Å². The van der Waals surface area contributed by atoms with Crippen molar-refractivity contribution in [2.24, 2.45) is 0 Å². The van der Waals surface area contributed by atoms with E-state index in [1.54, 1.807) is 12.1 Å². The Morgan fingerprint density at radius 2 is 1.79 bits per heavy atom. The Morgan fingerprint density at radius 1 is 1.07 bits per heavy atom. The average molecular weight is 402 g/mol. The molecular formula is C21H24ClN3O3. The maximum atomic E-state index is 12.6. The minimum absolute atomic E-state index is 0.231. The molecule has 0 saturated carbocycles. The van der Waals surface area contributed by atoms with Crippen molar-refractivity contribution in [3.8, 4) is 11.5 Å². The van der Waals surface area contributed by atoms with Crippen molar-refractivity contribution >= 4 is 23.2 Å². The van der Waals surface area contributed by atoms with Crippen LogP contribution in [0.25, 0.3) is 0 Å². The second kappa shape index (κ2) is 8.39. The van der Waals surface area contributed by atoms with Gasteiger partial charge in [-0.05, 0) is 36.9 Å². The highest BCUT2D eigenvalue weighted by Gasteiger charge is 2.19. The minimum atomic E-state index is -0.231. The zero-order valence-corrected chi connectivity index (χ0v) is 16.7. The van der Waals surface area contributed by atoms with Crippen molar-refractivity contribution in [1.29, 1.82) is 0 Å². The molecule has 0 spiro atoms. The first-order chi connectivity index (χ1) is 13.6. The van der Waals surface area contributed by atoms with Crippen LogP contribution in [0.15, 0.2) is 36.4 Å². The number of fused-ring (bicyclic) bond motifs is 1. The van der Waals surface area contributed by atoms with Crippen LogP contribution >= 0.6 is 11.6 Å². The Morgan fingerprint density at radius 3 is 2.54 bits per heavy atom. The number of halogens is 1. The second-order valence-electron chi connectivity index (χ2n) is 7.21.